The Hall–Kier alpha value is -1.93. The second-order valence-electron chi connectivity index (χ2n) is 2.98. The third-order valence-electron chi connectivity index (χ3n) is 1.97. The monoisotopic (exact) mass is 216 g/mol. The predicted molar refractivity (Wildman–Crippen MR) is 59.2 cm³/mol. The number of hydrogen-bond acceptors (Lipinski definition) is 5. The predicted octanol–water partition coefficient (Wildman–Crippen LogP) is 1.97. The van der Waals surface area contributed by atoms with Gasteiger partial charge in [-0.15, -0.1) is 11.3 Å². The third-order valence-corrected chi connectivity index (χ3v) is 2.84. The van der Waals surface area contributed by atoms with Gasteiger partial charge in [0.15, 0.2) is 5.82 Å². The zero-order valence-electron chi connectivity index (χ0n) is 8.06. The maximum absolute atomic E-state index is 8.81. The van der Waals surface area contributed by atoms with E-state index in [4.69, 9.17) is 11.0 Å². The first-order valence-electron chi connectivity index (χ1n) is 4.30. The summed E-state index contributed by atoms with van der Waals surface area (Å²) >= 11 is 1.54. The molecule has 0 unspecified atom stereocenters. The molecule has 0 aliphatic heterocycles. The number of aryl methyl sites for hydroxylation is 1. The highest BCUT2D eigenvalue weighted by atomic mass is 32.1. The second kappa shape index (κ2) is 3.67. The average Bonchev–Trinajstić information content (AvgIpc) is 2.69. The molecule has 0 aromatic carbocycles. The Balaban J connectivity index is 2.59. The van der Waals surface area contributed by atoms with Crippen molar-refractivity contribution >= 4 is 17.2 Å². The van der Waals surface area contributed by atoms with E-state index in [1.807, 2.05) is 23.6 Å². The van der Waals surface area contributed by atoms with Crippen LogP contribution in [0.1, 0.15) is 11.3 Å². The van der Waals surface area contributed by atoms with Crippen molar-refractivity contribution in [2.75, 3.05) is 5.73 Å². The first kappa shape index (κ1) is 9.62. The Morgan fingerprint density at radius 2 is 2.27 bits per heavy atom. The molecule has 0 fully saturated rings. The van der Waals surface area contributed by atoms with Gasteiger partial charge in [-0.25, -0.2) is 9.97 Å². The first-order chi connectivity index (χ1) is 7.22. The summed E-state index contributed by atoms with van der Waals surface area (Å²) in [6.07, 6.45) is 0. The lowest BCUT2D eigenvalue weighted by atomic mass is 10.2. The first-order valence-corrected chi connectivity index (χ1v) is 5.18. The molecule has 2 N–H and O–H groups in total. The lowest BCUT2D eigenvalue weighted by Crippen LogP contribution is -2.02. The zero-order valence-corrected chi connectivity index (χ0v) is 8.88. The number of thiophene rings is 1. The Kier molecular flexibility index (Phi) is 2.35. The van der Waals surface area contributed by atoms with Gasteiger partial charge >= 0.3 is 0 Å². The highest BCUT2D eigenvalue weighted by molar-refractivity contribution is 7.13. The zero-order chi connectivity index (χ0) is 10.8. The van der Waals surface area contributed by atoms with Gasteiger partial charge in [-0.1, -0.05) is 6.07 Å². The van der Waals surface area contributed by atoms with Crippen molar-refractivity contribution in [2.24, 2.45) is 0 Å². The quantitative estimate of drug-likeness (QED) is 0.790. The van der Waals surface area contributed by atoms with Gasteiger partial charge in [0.1, 0.15) is 17.5 Å². The molecule has 2 aromatic rings. The molecule has 0 atom stereocenters. The highest BCUT2D eigenvalue weighted by Gasteiger charge is 2.10. The number of nitrogens with zero attached hydrogens (tertiary/aromatic N) is 3. The molecule has 5 heteroatoms. The molecule has 0 amide bonds. The number of nitrogens with two attached hydrogens (primary N) is 1. The van der Waals surface area contributed by atoms with Crippen molar-refractivity contribution < 1.29 is 0 Å². The number of nitrogen functional groups attached to an aromatic ring is 1. The summed E-state index contributed by atoms with van der Waals surface area (Å²) in [5.41, 5.74) is 6.65. The SMILES string of the molecule is Cc1nc(-c2cccs2)nc(N)c1C#N. The fourth-order valence-corrected chi connectivity index (χ4v) is 1.91. The van der Waals surface area contributed by atoms with Gasteiger partial charge in [0.2, 0.25) is 0 Å². The lowest BCUT2D eigenvalue weighted by molar-refractivity contribution is 1.11. The van der Waals surface area contributed by atoms with Crippen LogP contribution in [0.2, 0.25) is 0 Å². The Bertz CT molecular complexity index is 502. The summed E-state index contributed by atoms with van der Waals surface area (Å²) in [6, 6.07) is 5.83. The molecule has 0 bridgehead atoms. The van der Waals surface area contributed by atoms with Crippen LogP contribution in [0, 0.1) is 18.3 Å². The number of hydrogen-bond donors (Lipinski definition) is 1. The van der Waals surface area contributed by atoms with Crippen molar-refractivity contribution in [1.29, 1.82) is 5.26 Å². The lowest BCUT2D eigenvalue weighted by Gasteiger charge is -2.03. The van der Waals surface area contributed by atoms with E-state index in [1.54, 1.807) is 18.3 Å². The van der Waals surface area contributed by atoms with Gasteiger partial charge in [-0.05, 0) is 18.4 Å². The van der Waals surface area contributed by atoms with Gasteiger partial charge in [0, 0.05) is 0 Å². The fourth-order valence-electron chi connectivity index (χ4n) is 1.25. The van der Waals surface area contributed by atoms with E-state index in [0.717, 1.165) is 4.88 Å². The molecule has 15 heavy (non-hydrogen) atoms. The molecule has 2 aromatic heterocycles. The number of rotatable bonds is 1. The molecule has 4 nitrogen and oxygen atoms in total. The van der Waals surface area contributed by atoms with E-state index < -0.39 is 0 Å². The van der Waals surface area contributed by atoms with Crippen LogP contribution in [0.3, 0.4) is 0 Å². The summed E-state index contributed by atoms with van der Waals surface area (Å²) in [5, 5.41) is 10.8. The average molecular weight is 216 g/mol. The third kappa shape index (κ3) is 1.67. The van der Waals surface area contributed by atoms with Gasteiger partial charge in [0.25, 0.3) is 0 Å². The van der Waals surface area contributed by atoms with Crippen LogP contribution in [-0.2, 0) is 0 Å². The van der Waals surface area contributed by atoms with Gasteiger partial charge in [0.05, 0.1) is 10.6 Å². The molecule has 0 radical (unpaired) electrons. The van der Waals surface area contributed by atoms with Crippen LogP contribution in [0.25, 0.3) is 10.7 Å². The Morgan fingerprint density at radius 3 is 2.80 bits per heavy atom. The normalized spacial score (nSPS) is 9.87. The van der Waals surface area contributed by atoms with Crippen molar-refractivity contribution in [1.82, 2.24) is 9.97 Å². The largest absolute Gasteiger partial charge is 0.382 e. The van der Waals surface area contributed by atoms with Crippen molar-refractivity contribution in [3.63, 3.8) is 0 Å². The van der Waals surface area contributed by atoms with E-state index in [0.29, 0.717) is 17.1 Å². The van der Waals surface area contributed by atoms with E-state index in [9.17, 15) is 0 Å². The standard InChI is InChI=1S/C10H8N4S/c1-6-7(5-11)9(12)14-10(13-6)8-3-2-4-15-8/h2-4H,1H3,(H2,12,13,14). The number of anilines is 1. The summed E-state index contributed by atoms with van der Waals surface area (Å²) in [6.45, 7) is 1.76. The van der Waals surface area contributed by atoms with Crippen molar-refractivity contribution in [3.8, 4) is 16.8 Å². The number of nitriles is 1. The van der Waals surface area contributed by atoms with Crippen LogP contribution in [0.15, 0.2) is 17.5 Å². The summed E-state index contributed by atoms with van der Waals surface area (Å²) in [7, 11) is 0. The van der Waals surface area contributed by atoms with Crippen LogP contribution >= 0.6 is 11.3 Å². The van der Waals surface area contributed by atoms with Gasteiger partial charge in [-0.2, -0.15) is 5.26 Å². The van der Waals surface area contributed by atoms with Crippen LogP contribution in [0.4, 0.5) is 5.82 Å². The molecule has 0 spiro atoms. The summed E-state index contributed by atoms with van der Waals surface area (Å²) in [4.78, 5) is 9.30. The van der Waals surface area contributed by atoms with Gasteiger partial charge in [-0.3, -0.25) is 0 Å². The highest BCUT2D eigenvalue weighted by Crippen LogP contribution is 2.23. The van der Waals surface area contributed by atoms with Crippen molar-refractivity contribution in [3.05, 3.63) is 28.8 Å². The van der Waals surface area contributed by atoms with Crippen LogP contribution in [0.5, 0.6) is 0 Å². The Morgan fingerprint density at radius 1 is 1.47 bits per heavy atom. The van der Waals surface area contributed by atoms with E-state index in [2.05, 4.69) is 9.97 Å². The van der Waals surface area contributed by atoms with Crippen LogP contribution < -0.4 is 5.73 Å². The summed E-state index contributed by atoms with van der Waals surface area (Å²) < 4.78 is 0. The summed E-state index contributed by atoms with van der Waals surface area (Å²) in [5.74, 6) is 0.826. The van der Waals surface area contributed by atoms with E-state index in [1.165, 1.54) is 0 Å². The van der Waals surface area contributed by atoms with Gasteiger partial charge < -0.3 is 5.73 Å². The Labute approximate surface area is 91.0 Å². The minimum Gasteiger partial charge on any atom is -0.382 e. The molecule has 0 aliphatic rings. The molecule has 0 saturated carbocycles. The topological polar surface area (TPSA) is 75.6 Å². The smallest absolute Gasteiger partial charge is 0.171 e. The van der Waals surface area contributed by atoms with E-state index >= 15 is 0 Å². The molecule has 0 aliphatic carbocycles. The minimum absolute atomic E-state index is 0.244. The minimum atomic E-state index is 0.244. The second-order valence-corrected chi connectivity index (χ2v) is 3.93. The number of aromatic nitrogens is 2. The molecule has 2 rings (SSSR count). The van der Waals surface area contributed by atoms with Crippen molar-refractivity contribution in [2.45, 2.75) is 6.92 Å². The molecular weight excluding hydrogens is 208 g/mol. The maximum Gasteiger partial charge on any atom is 0.171 e. The van der Waals surface area contributed by atoms with Crippen LogP contribution in [-0.4, -0.2) is 9.97 Å². The van der Waals surface area contributed by atoms with E-state index in [-0.39, 0.29) is 5.82 Å². The molecular formula is C10H8N4S. The maximum atomic E-state index is 8.81. The fraction of sp³-hybridized carbons (Fsp3) is 0.100. The molecule has 0 saturated heterocycles. The molecule has 2 heterocycles. The molecule has 74 valence electrons.